The van der Waals surface area contributed by atoms with Gasteiger partial charge in [-0.2, -0.15) is 5.10 Å². The number of nitrogens with zero attached hydrogens (tertiary/aromatic N) is 4. The van der Waals surface area contributed by atoms with Crippen LogP contribution in [0.3, 0.4) is 0 Å². The first-order chi connectivity index (χ1) is 13.1. The maximum atomic E-state index is 13.2. The van der Waals surface area contributed by atoms with Gasteiger partial charge in [-0.15, -0.1) is 0 Å². The first-order valence-electron chi connectivity index (χ1n) is 9.87. The minimum Gasteiger partial charge on any atom is -0.357 e. The van der Waals surface area contributed by atoms with Crippen molar-refractivity contribution in [1.82, 2.24) is 20.0 Å². The lowest BCUT2D eigenvalue weighted by atomic mass is 9.96. The Balaban J connectivity index is 1.45. The summed E-state index contributed by atoms with van der Waals surface area (Å²) in [6, 6.07) is 6.95. The van der Waals surface area contributed by atoms with E-state index in [4.69, 9.17) is 4.99 Å². The molecule has 144 valence electrons. The van der Waals surface area contributed by atoms with Gasteiger partial charge >= 0.3 is 0 Å². The van der Waals surface area contributed by atoms with Gasteiger partial charge in [0.05, 0.1) is 12.7 Å². The topological polar surface area (TPSA) is 45.5 Å². The summed E-state index contributed by atoms with van der Waals surface area (Å²) in [7, 11) is 1.96. The smallest absolute Gasteiger partial charge is 0.193 e. The van der Waals surface area contributed by atoms with Crippen molar-refractivity contribution in [2.24, 2.45) is 12.0 Å². The van der Waals surface area contributed by atoms with Crippen LogP contribution in [-0.2, 0) is 12.5 Å². The minimum atomic E-state index is -0.176. The van der Waals surface area contributed by atoms with E-state index in [2.05, 4.69) is 28.4 Å². The van der Waals surface area contributed by atoms with Gasteiger partial charge in [-0.05, 0) is 49.4 Å². The Morgan fingerprint density at radius 1 is 1.33 bits per heavy atom. The number of hydrogen-bond acceptors (Lipinski definition) is 2. The minimum absolute atomic E-state index is 0.0941. The Hall–Kier alpha value is -2.37. The molecule has 1 N–H and O–H groups in total. The lowest BCUT2D eigenvalue weighted by molar-refractivity contribution is 0.483. The van der Waals surface area contributed by atoms with Crippen LogP contribution < -0.4 is 5.32 Å². The number of guanidine groups is 1. The molecular weight excluding hydrogens is 341 g/mol. The number of likely N-dealkylation sites (tertiary alicyclic amines) is 1. The zero-order valence-electron chi connectivity index (χ0n) is 16.2. The van der Waals surface area contributed by atoms with E-state index in [0.717, 1.165) is 51.4 Å². The van der Waals surface area contributed by atoms with Gasteiger partial charge in [-0.25, -0.2) is 4.39 Å². The summed E-state index contributed by atoms with van der Waals surface area (Å²) in [4.78, 5) is 7.34. The second-order valence-electron chi connectivity index (χ2n) is 7.84. The predicted molar refractivity (Wildman–Crippen MR) is 105 cm³/mol. The van der Waals surface area contributed by atoms with Crippen molar-refractivity contribution in [3.8, 4) is 0 Å². The highest BCUT2D eigenvalue weighted by molar-refractivity contribution is 5.80. The summed E-state index contributed by atoms with van der Waals surface area (Å²) in [6.45, 7) is 5.71. The van der Waals surface area contributed by atoms with E-state index >= 15 is 0 Å². The molecule has 27 heavy (non-hydrogen) atoms. The van der Waals surface area contributed by atoms with Crippen molar-refractivity contribution in [2.75, 3.05) is 26.2 Å². The molecule has 1 saturated heterocycles. The number of aryl methyl sites for hydroxylation is 1. The molecule has 1 atom stereocenters. The van der Waals surface area contributed by atoms with Gasteiger partial charge in [0.2, 0.25) is 0 Å². The Morgan fingerprint density at radius 3 is 2.74 bits per heavy atom. The molecular formula is C21H28FN5. The van der Waals surface area contributed by atoms with Gasteiger partial charge in [0.25, 0.3) is 0 Å². The van der Waals surface area contributed by atoms with Crippen LogP contribution in [0.5, 0.6) is 0 Å². The molecule has 5 nitrogen and oxygen atoms in total. The number of nitrogens with one attached hydrogen (secondary N) is 1. The molecule has 2 fully saturated rings. The molecule has 2 aromatic rings. The number of aliphatic imine (C=N–C) groups is 1. The number of benzene rings is 1. The van der Waals surface area contributed by atoms with E-state index in [0.29, 0.717) is 5.92 Å². The van der Waals surface area contributed by atoms with Crippen molar-refractivity contribution in [1.29, 1.82) is 0 Å². The number of halogens is 1. The molecule has 1 aromatic heterocycles. The Morgan fingerprint density at radius 2 is 2.11 bits per heavy atom. The van der Waals surface area contributed by atoms with Gasteiger partial charge < -0.3 is 10.2 Å². The van der Waals surface area contributed by atoms with Crippen molar-refractivity contribution in [2.45, 2.75) is 37.5 Å². The maximum absolute atomic E-state index is 13.2. The summed E-state index contributed by atoms with van der Waals surface area (Å²) in [6.07, 6.45) is 7.47. The molecule has 1 aromatic carbocycles. The van der Waals surface area contributed by atoms with Crippen molar-refractivity contribution >= 4 is 5.96 Å². The van der Waals surface area contributed by atoms with E-state index in [1.165, 1.54) is 11.1 Å². The molecule has 4 rings (SSSR count). The van der Waals surface area contributed by atoms with Crippen LogP contribution >= 0.6 is 0 Å². The van der Waals surface area contributed by atoms with Crippen molar-refractivity contribution in [3.63, 3.8) is 0 Å². The molecule has 0 amide bonds. The molecule has 1 unspecified atom stereocenters. The summed E-state index contributed by atoms with van der Waals surface area (Å²) in [5, 5.41) is 7.77. The summed E-state index contributed by atoms with van der Waals surface area (Å²) < 4.78 is 15.1. The second-order valence-corrected chi connectivity index (χ2v) is 7.84. The van der Waals surface area contributed by atoms with Gasteiger partial charge in [0.15, 0.2) is 5.96 Å². The third-order valence-electron chi connectivity index (χ3n) is 5.86. The Labute approximate surface area is 160 Å². The monoisotopic (exact) mass is 369 g/mol. The summed E-state index contributed by atoms with van der Waals surface area (Å²) in [5.41, 5.74) is 2.61. The van der Waals surface area contributed by atoms with E-state index in [1.54, 1.807) is 12.1 Å². The first kappa shape index (κ1) is 18.0. The Kier molecular flexibility index (Phi) is 4.89. The van der Waals surface area contributed by atoms with Gasteiger partial charge in [-0.1, -0.05) is 12.1 Å². The van der Waals surface area contributed by atoms with Crippen LogP contribution in [0, 0.1) is 5.82 Å². The molecule has 0 spiro atoms. The standard InChI is InChI=1S/C21H28FN5/c1-3-23-20(27-11-8-16(14-27)17-12-25-26(2)13-17)24-15-21(9-10-21)18-4-6-19(22)7-5-18/h4-7,12-13,16H,3,8-11,14-15H2,1-2H3,(H,23,24). The van der Waals surface area contributed by atoms with Gasteiger partial charge in [0, 0.05) is 44.2 Å². The van der Waals surface area contributed by atoms with E-state index in [1.807, 2.05) is 30.1 Å². The van der Waals surface area contributed by atoms with Crippen LogP contribution in [0.4, 0.5) is 4.39 Å². The highest BCUT2D eigenvalue weighted by atomic mass is 19.1. The quantitative estimate of drug-likeness (QED) is 0.651. The average molecular weight is 369 g/mol. The van der Waals surface area contributed by atoms with Crippen molar-refractivity contribution < 1.29 is 4.39 Å². The van der Waals surface area contributed by atoms with Crippen LogP contribution in [-0.4, -0.2) is 46.8 Å². The lowest BCUT2D eigenvalue weighted by Gasteiger charge is -2.23. The zero-order valence-corrected chi connectivity index (χ0v) is 16.2. The number of hydrogen-bond donors (Lipinski definition) is 1. The van der Waals surface area contributed by atoms with Gasteiger partial charge in [0.1, 0.15) is 5.82 Å². The third-order valence-corrected chi connectivity index (χ3v) is 5.86. The summed E-state index contributed by atoms with van der Waals surface area (Å²) >= 11 is 0. The van der Waals surface area contributed by atoms with E-state index in [9.17, 15) is 4.39 Å². The second kappa shape index (κ2) is 7.33. The van der Waals surface area contributed by atoms with Gasteiger partial charge in [-0.3, -0.25) is 9.67 Å². The molecule has 1 saturated carbocycles. The fourth-order valence-electron chi connectivity index (χ4n) is 4.02. The van der Waals surface area contributed by atoms with E-state index < -0.39 is 0 Å². The molecule has 6 heteroatoms. The van der Waals surface area contributed by atoms with Crippen LogP contribution in [0.15, 0.2) is 41.7 Å². The average Bonchev–Trinajstić information content (AvgIpc) is 3.08. The number of rotatable bonds is 5. The molecule has 0 radical (unpaired) electrons. The maximum Gasteiger partial charge on any atom is 0.193 e. The molecule has 1 aliphatic carbocycles. The number of aromatic nitrogens is 2. The first-order valence-corrected chi connectivity index (χ1v) is 9.87. The molecule has 0 bridgehead atoms. The van der Waals surface area contributed by atoms with Crippen LogP contribution in [0.2, 0.25) is 0 Å². The molecule has 2 aliphatic rings. The summed E-state index contributed by atoms with van der Waals surface area (Å²) in [5.74, 6) is 1.33. The fourth-order valence-corrected chi connectivity index (χ4v) is 4.02. The normalized spacial score (nSPS) is 21.5. The van der Waals surface area contributed by atoms with Crippen LogP contribution in [0.25, 0.3) is 0 Å². The fraction of sp³-hybridized carbons (Fsp3) is 0.524. The highest BCUT2D eigenvalue weighted by Gasteiger charge is 2.44. The highest BCUT2D eigenvalue weighted by Crippen LogP contribution is 2.48. The zero-order chi connectivity index (χ0) is 18.9. The predicted octanol–water partition coefficient (Wildman–Crippen LogP) is 3.05. The molecule has 2 heterocycles. The molecule has 1 aliphatic heterocycles. The van der Waals surface area contributed by atoms with E-state index in [-0.39, 0.29) is 11.2 Å². The Bertz CT molecular complexity index is 806. The van der Waals surface area contributed by atoms with Crippen molar-refractivity contribution in [3.05, 3.63) is 53.6 Å². The third kappa shape index (κ3) is 3.84. The largest absolute Gasteiger partial charge is 0.357 e. The SMILES string of the molecule is CCNC(=NCC1(c2ccc(F)cc2)CC1)N1CCC(c2cnn(C)c2)C1. The lowest BCUT2D eigenvalue weighted by Crippen LogP contribution is -2.40. The van der Waals surface area contributed by atoms with Crippen LogP contribution in [0.1, 0.15) is 43.2 Å².